The topological polar surface area (TPSA) is 9.23 Å². The summed E-state index contributed by atoms with van der Waals surface area (Å²) < 4.78 is 42.7. The Morgan fingerprint density at radius 2 is 2.06 bits per heavy atom. The summed E-state index contributed by atoms with van der Waals surface area (Å²) >= 11 is 10.1. The Labute approximate surface area is 101 Å². The minimum atomic E-state index is -4.48. The first-order valence-electron chi connectivity index (χ1n) is 4.40. The average molecular weight is 269 g/mol. The molecular weight excluding hydrogens is 261 g/mol. The summed E-state index contributed by atoms with van der Waals surface area (Å²) in [6.45, 7) is 1.77. The standard InChI is InChI=1S/C10H8ClF3OS/c1-2-15-8-4-3-6(9(11)16)5-7(8)10(12,13)14/h3-5H,2H2,1H3. The van der Waals surface area contributed by atoms with Crippen LogP contribution in [0.5, 0.6) is 5.75 Å². The van der Waals surface area contributed by atoms with Crippen LogP contribution in [0, 0.1) is 0 Å². The number of alkyl halides is 3. The number of ether oxygens (including phenoxy) is 1. The molecule has 0 saturated carbocycles. The summed E-state index contributed by atoms with van der Waals surface area (Å²) in [5, 5.41) is 0. The molecule has 0 unspecified atom stereocenters. The molecule has 0 bridgehead atoms. The van der Waals surface area contributed by atoms with Crippen molar-refractivity contribution in [3.05, 3.63) is 29.3 Å². The molecule has 0 N–H and O–H groups in total. The third kappa shape index (κ3) is 3.09. The van der Waals surface area contributed by atoms with Crippen molar-refractivity contribution in [3.8, 4) is 5.75 Å². The van der Waals surface area contributed by atoms with Gasteiger partial charge in [0.15, 0.2) is 0 Å². The van der Waals surface area contributed by atoms with E-state index in [1.807, 2.05) is 0 Å². The average Bonchev–Trinajstić information content (AvgIpc) is 2.16. The van der Waals surface area contributed by atoms with Gasteiger partial charge in [-0.2, -0.15) is 13.2 Å². The van der Waals surface area contributed by atoms with Gasteiger partial charge in [0.05, 0.1) is 12.2 Å². The van der Waals surface area contributed by atoms with Crippen LogP contribution in [-0.4, -0.2) is 10.9 Å². The van der Waals surface area contributed by atoms with Crippen LogP contribution in [0.3, 0.4) is 0 Å². The summed E-state index contributed by atoms with van der Waals surface area (Å²) in [5.41, 5.74) is -0.706. The number of benzene rings is 1. The molecule has 88 valence electrons. The SMILES string of the molecule is CCOc1ccc(C(=S)Cl)cc1C(F)(F)F. The highest BCUT2D eigenvalue weighted by molar-refractivity contribution is 7.83. The quantitative estimate of drug-likeness (QED) is 0.605. The maximum atomic E-state index is 12.6. The molecule has 0 saturated heterocycles. The van der Waals surface area contributed by atoms with E-state index in [1.165, 1.54) is 12.1 Å². The lowest BCUT2D eigenvalue weighted by Gasteiger charge is -2.13. The van der Waals surface area contributed by atoms with Crippen LogP contribution in [0.15, 0.2) is 18.2 Å². The molecule has 0 amide bonds. The number of halogens is 4. The molecule has 0 aliphatic heterocycles. The Morgan fingerprint density at radius 1 is 1.44 bits per heavy atom. The summed E-state index contributed by atoms with van der Waals surface area (Å²) in [5.74, 6) is -0.216. The first kappa shape index (κ1) is 13.3. The minimum absolute atomic E-state index is 0.103. The summed E-state index contributed by atoms with van der Waals surface area (Å²) in [6.07, 6.45) is -4.48. The second kappa shape index (κ2) is 5.01. The van der Waals surface area contributed by atoms with E-state index in [2.05, 4.69) is 12.2 Å². The lowest BCUT2D eigenvalue weighted by molar-refractivity contribution is -0.138. The summed E-state index contributed by atoms with van der Waals surface area (Å²) in [4.78, 5) is 0. The van der Waals surface area contributed by atoms with E-state index in [0.717, 1.165) is 6.07 Å². The van der Waals surface area contributed by atoms with Crippen LogP contribution in [-0.2, 0) is 6.18 Å². The summed E-state index contributed by atoms with van der Waals surface area (Å²) in [7, 11) is 0. The van der Waals surface area contributed by atoms with Gasteiger partial charge in [0, 0.05) is 5.56 Å². The molecule has 1 nitrogen and oxygen atoms in total. The normalized spacial score (nSPS) is 11.3. The van der Waals surface area contributed by atoms with Crippen molar-refractivity contribution in [2.75, 3.05) is 6.61 Å². The molecule has 1 aromatic carbocycles. The van der Waals surface area contributed by atoms with Crippen LogP contribution in [0.1, 0.15) is 18.1 Å². The maximum absolute atomic E-state index is 12.6. The van der Waals surface area contributed by atoms with E-state index in [0.29, 0.717) is 0 Å². The Morgan fingerprint density at radius 3 is 2.50 bits per heavy atom. The van der Waals surface area contributed by atoms with Crippen molar-refractivity contribution >= 4 is 28.1 Å². The van der Waals surface area contributed by atoms with Gasteiger partial charge >= 0.3 is 6.18 Å². The smallest absolute Gasteiger partial charge is 0.419 e. The van der Waals surface area contributed by atoms with E-state index >= 15 is 0 Å². The third-order valence-corrected chi connectivity index (χ3v) is 2.27. The lowest BCUT2D eigenvalue weighted by Crippen LogP contribution is -2.09. The van der Waals surface area contributed by atoms with Crippen molar-refractivity contribution in [2.24, 2.45) is 0 Å². The van der Waals surface area contributed by atoms with Gasteiger partial charge in [0.25, 0.3) is 0 Å². The summed E-state index contributed by atoms with van der Waals surface area (Å²) in [6, 6.07) is 3.51. The lowest BCUT2D eigenvalue weighted by atomic mass is 10.1. The zero-order chi connectivity index (χ0) is 12.3. The van der Waals surface area contributed by atoms with Crippen LogP contribution >= 0.6 is 23.8 Å². The van der Waals surface area contributed by atoms with E-state index < -0.39 is 11.7 Å². The molecule has 0 spiro atoms. The predicted molar refractivity (Wildman–Crippen MR) is 60.2 cm³/mol. The van der Waals surface area contributed by atoms with Gasteiger partial charge in [-0.3, -0.25) is 0 Å². The predicted octanol–water partition coefficient (Wildman–Crippen LogP) is 4.02. The molecule has 1 aromatic rings. The second-order valence-electron chi connectivity index (χ2n) is 2.92. The Bertz CT molecular complexity index is 404. The Kier molecular flexibility index (Phi) is 4.15. The van der Waals surface area contributed by atoms with E-state index in [-0.39, 0.29) is 22.2 Å². The van der Waals surface area contributed by atoms with Crippen molar-refractivity contribution in [1.29, 1.82) is 0 Å². The Hall–Kier alpha value is -0.810. The van der Waals surface area contributed by atoms with Crippen LogP contribution < -0.4 is 4.74 Å². The van der Waals surface area contributed by atoms with E-state index in [4.69, 9.17) is 16.3 Å². The van der Waals surface area contributed by atoms with Gasteiger partial charge in [-0.25, -0.2) is 0 Å². The van der Waals surface area contributed by atoms with Crippen LogP contribution in [0.2, 0.25) is 0 Å². The zero-order valence-electron chi connectivity index (χ0n) is 8.27. The molecule has 0 aliphatic rings. The molecule has 0 heterocycles. The molecule has 0 aliphatic carbocycles. The van der Waals surface area contributed by atoms with Crippen molar-refractivity contribution in [1.82, 2.24) is 0 Å². The third-order valence-electron chi connectivity index (χ3n) is 1.81. The van der Waals surface area contributed by atoms with E-state index in [9.17, 15) is 13.2 Å². The van der Waals surface area contributed by atoms with Gasteiger partial charge < -0.3 is 4.74 Å². The van der Waals surface area contributed by atoms with Gasteiger partial charge in [0.2, 0.25) is 0 Å². The first-order valence-corrected chi connectivity index (χ1v) is 5.18. The number of rotatable bonds is 3. The molecule has 1 rings (SSSR count). The Balaban J connectivity index is 3.27. The van der Waals surface area contributed by atoms with Crippen LogP contribution in [0.25, 0.3) is 0 Å². The monoisotopic (exact) mass is 268 g/mol. The zero-order valence-corrected chi connectivity index (χ0v) is 9.84. The fourth-order valence-corrected chi connectivity index (χ4v) is 1.40. The van der Waals surface area contributed by atoms with E-state index in [1.54, 1.807) is 6.92 Å². The molecule has 0 aromatic heterocycles. The van der Waals surface area contributed by atoms with Crippen molar-refractivity contribution in [2.45, 2.75) is 13.1 Å². The molecular formula is C10H8ClF3OS. The number of hydrogen-bond acceptors (Lipinski definition) is 2. The highest BCUT2D eigenvalue weighted by atomic mass is 35.5. The van der Waals surface area contributed by atoms with Crippen molar-refractivity contribution < 1.29 is 17.9 Å². The van der Waals surface area contributed by atoms with Gasteiger partial charge in [-0.15, -0.1) is 0 Å². The van der Waals surface area contributed by atoms with Gasteiger partial charge in [-0.05, 0) is 25.1 Å². The first-order chi connectivity index (χ1) is 7.36. The largest absolute Gasteiger partial charge is 0.493 e. The molecule has 0 radical (unpaired) electrons. The minimum Gasteiger partial charge on any atom is -0.493 e. The molecule has 6 heteroatoms. The number of thiocarbonyl (C=S) groups is 1. The van der Waals surface area contributed by atoms with Crippen LogP contribution in [0.4, 0.5) is 13.2 Å². The maximum Gasteiger partial charge on any atom is 0.419 e. The van der Waals surface area contributed by atoms with Crippen molar-refractivity contribution in [3.63, 3.8) is 0 Å². The highest BCUT2D eigenvalue weighted by Crippen LogP contribution is 2.37. The fraction of sp³-hybridized carbons (Fsp3) is 0.300. The van der Waals surface area contributed by atoms with Gasteiger partial charge in [-0.1, -0.05) is 23.8 Å². The van der Waals surface area contributed by atoms with Gasteiger partial charge in [0.1, 0.15) is 10.1 Å². The molecule has 0 fully saturated rings. The number of hydrogen-bond donors (Lipinski definition) is 0. The second-order valence-corrected chi connectivity index (χ2v) is 3.93. The molecule has 0 atom stereocenters. The highest BCUT2D eigenvalue weighted by Gasteiger charge is 2.34. The fourth-order valence-electron chi connectivity index (χ4n) is 1.16. The molecule has 16 heavy (non-hydrogen) atoms.